The van der Waals surface area contributed by atoms with Crippen molar-refractivity contribution < 1.29 is 23.9 Å². The van der Waals surface area contributed by atoms with Gasteiger partial charge in [0, 0.05) is 16.5 Å². The summed E-state index contributed by atoms with van der Waals surface area (Å²) in [4.78, 5) is 47.1. The number of nitrogens with two attached hydrogens (primary N) is 1. The Balaban J connectivity index is 2.48. The third kappa shape index (κ3) is 9.18. The lowest BCUT2D eigenvalue weighted by Gasteiger charge is -2.20. The average Bonchev–Trinajstić information content (AvgIpc) is 2.55. The zero-order valence-electron chi connectivity index (χ0n) is 15.5. The van der Waals surface area contributed by atoms with Crippen molar-refractivity contribution in [1.82, 2.24) is 10.6 Å². The molecule has 9 heteroatoms. The van der Waals surface area contributed by atoms with Crippen LogP contribution in [0, 0.1) is 0 Å². The first-order valence-corrected chi connectivity index (χ1v) is 9.11. The van der Waals surface area contributed by atoms with Crippen LogP contribution in [0.1, 0.15) is 44.0 Å². The monoisotopic (exact) mass is 441 g/mol. The van der Waals surface area contributed by atoms with Crippen molar-refractivity contribution in [3.05, 3.63) is 34.3 Å². The predicted octanol–water partition coefficient (Wildman–Crippen LogP) is 1.27. The summed E-state index contributed by atoms with van der Waals surface area (Å²) < 4.78 is 5.97. The maximum atomic E-state index is 12.0. The van der Waals surface area contributed by atoms with Gasteiger partial charge in [-0.05, 0) is 51.5 Å². The lowest BCUT2D eigenvalue weighted by molar-refractivity contribution is -0.155. The molecule has 1 aromatic carbocycles. The van der Waals surface area contributed by atoms with Gasteiger partial charge in [-0.15, -0.1) is 0 Å². The summed E-state index contributed by atoms with van der Waals surface area (Å²) in [5.41, 5.74) is 5.01. The van der Waals surface area contributed by atoms with Gasteiger partial charge in [-0.3, -0.25) is 19.2 Å². The molecule has 1 atom stereocenters. The van der Waals surface area contributed by atoms with Crippen LogP contribution in [0.25, 0.3) is 0 Å². The topological polar surface area (TPSA) is 128 Å². The van der Waals surface area contributed by atoms with Gasteiger partial charge < -0.3 is 21.1 Å². The molecule has 0 heterocycles. The van der Waals surface area contributed by atoms with Gasteiger partial charge in [0.05, 0.1) is 6.54 Å². The number of hydrogen-bond acceptors (Lipinski definition) is 5. The van der Waals surface area contributed by atoms with E-state index in [0.29, 0.717) is 5.56 Å². The molecule has 4 N–H and O–H groups in total. The first-order chi connectivity index (χ1) is 12.5. The summed E-state index contributed by atoms with van der Waals surface area (Å²) in [7, 11) is 0. The Bertz CT molecular complexity index is 698. The highest BCUT2D eigenvalue weighted by Gasteiger charge is 2.22. The van der Waals surface area contributed by atoms with Crippen molar-refractivity contribution >= 4 is 39.6 Å². The smallest absolute Gasteiger partial charge is 0.306 e. The predicted molar refractivity (Wildman–Crippen MR) is 103 cm³/mol. The third-order valence-electron chi connectivity index (χ3n) is 3.25. The van der Waals surface area contributed by atoms with E-state index in [0.717, 1.165) is 4.47 Å². The van der Waals surface area contributed by atoms with Crippen LogP contribution in [0.15, 0.2) is 28.7 Å². The van der Waals surface area contributed by atoms with Gasteiger partial charge in [0.1, 0.15) is 11.6 Å². The maximum absolute atomic E-state index is 12.0. The SMILES string of the molecule is CC(C)(C)OC(=O)CC[C@H](NC(=O)CNC(=O)c1ccc(Br)cc1)C(N)=O. The minimum atomic E-state index is -1.03. The molecule has 0 aliphatic heterocycles. The molecule has 0 spiro atoms. The third-order valence-corrected chi connectivity index (χ3v) is 3.78. The van der Waals surface area contributed by atoms with Gasteiger partial charge in [-0.2, -0.15) is 0 Å². The molecule has 0 radical (unpaired) electrons. The number of ether oxygens (including phenoxy) is 1. The fourth-order valence-electron chi connectivity index (χ4n) is 2.05. The summed E-state index contributed by atoms with van der Waals surface area (Å²) >= 11 is 3.27. The van der Waals surface area contributed by atoms with Crippen LogP contribution >= 0.6 is 15.9 Å². The van der Waals surface area contributed by atoms with Crippen molar-refractivity contribution in [2.24, 2.45) is 5.73 Å². The largest absolute Gasteiger partial charge is 0.460 e. The molecule has 0 aromatic heterocycles. The van der Waals surface area contributed by atoms with Crippen LogP contribution in [0.2, 0.25) is 0 Å². The Morgan fingerprint density at radius 3 is 2.26 bits per heavy atom. The number of amides is 3. The van der Waals surface area contributed by atoms with Crippen LogP contribution in [-0.2, 0) is 19.1 Å². The van der Waals surface area contributed by atoms with E-state index < -0.39 is 35.3 Å². The van der Waals surface area contributed by atoms with E-state index >= 15 is 0 Å². The molecular weight excluding hydrogens is 418 g/mol. The maximum Gasteiger partial charge on any atom is 0.306 e. The van der Waals surface area contributed by atoms with Crippen LogP contribution in [-0.4, -0.2) is 41.9 Å². The Morgan fingerprint density at radius 1 is 1.15 bits per heavy atom. The fraction of sp³-hybridized carbons (Fsp3) is 0.444. The summed E-state index contributed by atoms with van der Waals surface area (Å²) in [5.74, 6) is -2.28. The second-order valence-corrected chi connectivity index (χ2v) is 7.75. The Morgan fingerprint density at radius 2 is 1.74 bits per heavy atom. The fourth-order valence-corrected chi connectivity index (χ4v) is 2.31. The van der Waals surface area contributed by atoms with E-state index in [1.165, 1.54) is 0 Å². The molecule has 1 aromatic rings. The van der Waals surface area contributed by atoms with Gasteiger partial charge >= 0.3 is 5.97 Å². The molecule has 0 saturated carbocycles. The van der Waals surface area contributed by atoms with Crippen molar-refractivity contribution in [3.8, 4) is 0 Å². The Kier molecular flexibility index (Phi) is 8.42. The standard InChI is InChI=1S/C18H24BrN3O5/c1-18(2,3)27-15(24)9-8-13(16(20)25)22-14(23)10-21-17(26)11-4-6-12(19)7-5-11/h4-7,13H,8-10H2,1-3H3,(H2,20,25)(H,21,26)(H,22,23)/t13-/m0/s1. The first kappa shape index (κ1) is 22.6. The van der Waals surface area contributed by atoms with Crippen molar-refractivity contribution in [3.63, 3.8) is 0 Å². The minimum absolute atomic E-state index is 0.0106. The number of esters is 1. The Hall–Kier alpha value is -2.42. The quantitative estimate of drug-likeness (QED) is 0.523. The molecule has 0 unspecified atom stereocenters. The van der Waals surface area contributed by atoms with Crippen LogP contribution in [0.3, 0.4) is 0 Å². The molecule has 0 saturated heterocycles. The van der Waals surface area contributed by atoms with Crippen molar-refractivity contribution in [2.75, 3.05) is 6.54 Å². The molecule has 3 amide bonds. The number of nitrogens with one attached hydrogen (secondary N) is 2. The van der Waals surface area contributed by atoms with Gasteiger partial charge in [-0.25, -0.2) is 0 Å². The number of benzene rings is 1. The lowest BCUT2D eigenvalue weighted by atomic mass is 10.1. The first-order valence-electron chi connectivity index (χ1n) is 8.32. The molecular formula is C18H24BrN3O5. The Labute approximate surface area is 166 Å². The van der Waals surface area contributed by atoms with E-state index in [4.69, 9.17) is 10.5 Å². The van der Waals surface area contributed by atoms with E-state index in [2.05, 4.69) is 26.6 Å². The van der Waals surface area contributed by atoms with Crippen LogP contribution in [0.4, 0.5) is 0 Å². The second-order valence-electron chi connectivity index (χ2n) is 6.84. The highest BCUT2D eigenvalue weighted by Crippen LogP contribution is 2.11. The number of halogens is 1. The zero-order valence-corrected chi connectivity index (χ0v) is 17.1. The molecule has 27 heavy (non-hydrogen) atoms. The van der Waals surface area contributed by atoms with Crippen molar-refractivity contribution in [2.45, 2.75) is 45.3 Å². The van der Waals surface area contributed by atoms with Gasteiger partial charge in [0.15, 0.2) is 0 Å². The molecule has 148 valence electrons. The number of hydrogen-bond donors (Lipinski definition) is 3. The number of primary amides is 1. The van der Waals surface area contributed by atoms with E-state index in [1.807, 2.05) is 0 Å². The molecule has 0 fully saturated rings. The zero-order chi connectivity index (χ0) is 20.6. The lowest BCUT2D eigenvalue weighted by Crippen LogP contribution is -2.48. The minimum Gasteiger partial charge on any atom is -0.460 e. The highest BCUT2D eigenvalue weighted by molar-refractivity contribution is 9.10. The molecule has 1 rings (SSSR count). The van der Waals surface area contributed by atoms with Crippen LogP contribution in [0.5, 0.6) is 0 Å². The van der Waals surface area contributed by atoms with Gasteiger partial charge in [0.2, 0.25) is 11.8 Å². The highest BCUT2D eigenvalue weighted by atomic mass is 79.9. The van der Waals surface area contributed by atoms with Gasteiger partial charge in [0.25, 0.3) is 5.91 Å². The van der Waals surface area contributed by atoms with E-state index in [-0.39, 0.29) is 19.4 Å². The normalized spacial score (nSPS) is 12.0. The number of carbonyl (C=O) groups excluding carboxylic acids is 4. The molecule has 0 aliphatic carbocycles. The molecule has 0 aliphatic rings. The number of carbonyl (C=O) groups is 4. The van der Waals surface area contributed by atoms with Crippen LogP contribution < -0.4 is 16.4 Å². The van der Waals surface area contributed by atoms with E-state index in [9.17, 15) is 19.2 Å². The molecule has 0 bridgehead atoms. The molecule has 8 nitrogen and oxygen atoms in total. The van der Waals surface area contributed by atoms with Gasteiger partial charge in [-0.1, -0.05) is 15.9 Å². The van der Waals surface area contributed by atoms with E-state index in [1.54, 1.807) is 45.0 Å². The summed E-state index contributed by atoms with van der Waals surface area (Å²) in [6.07, 6.45) is -0.0624. The summed E-state index contributed by atoms with van der Waals surface area (Å²) in [6, 6.07) is 5.58. The second kappa shape index (κ2) is 10.1. The number of rotatable bonds is 8. The summed E-state index contributed by atoms with van der Waals surface area (Å²) in [6.45, 7) is 4.86. The van der Waals surface area contributed by atoms with Crippen molar-refractivity contribution in [1.29, 1.82) is 0 Å². The summed E-state index contributed by atoms with van der Waals surface area (Å²) in [5, 5.41) is 4.86. The average molecular weight is 442 g/mol.